The Morgan fingerprint density at radius 3 is 2.65 bits per heavy atom. The molecule has 1 aromatic heterocycles. The van der Waals surface area contributed by atoms with Gasteiger partial charge in [0.15, 0.2) is 10.4 Å². The van der Waals surface area contributed by atoms with Gasteiger partial charge in [-0.1, -0.05) is 19.3 Å². The first-order chi connectivity index (χ1) is 9.49. The fourth-order valence-electron chi connectivity index (χ4n) is 2.68. The Morgan fingerprint density at radius 1 is 1.35 bits per heavy atom. The molecule has 0 spiro atoms. The van der Waals surface area contributed by atoms with Crippen LogP contribution in [-0.4, -0.2) is 23.0 Å². The van der Waals surface area contributed by atoms with Crippen molar-refractivity contribution >= 4 is 27.8 Å². The minimum atomic E-state index is -0.838. The van der Waals surface area contributed by atoms with Gasteiger partial charge in [0.05, 0.1) is 5.92 Å². The Kier molecular flexibility index (Phi) is 4.86. The van der Waals surface area contributed by atoms with Crippen LogP contribution in [0.3, 0.4) is 0 Å². The third kappa shape index (κ3) is 3.42. The molecular weight excluding hydrogens is 326 g/mol. The van der Waals surface area contributed by atoms with Crippen molar-refractivity contribution < 1.29 is 19.1 Å². The molecular formula is C14H18BrNO4. The maximum absolute atomic E-state index is 12.2. The second-order valence-electron chi connectivity index (χ2n) is 5.23. The minimum Gasteiger partial charge on any atom is -0.481 e. The van der Waals surface area contributed by atoms with Crippen LogP contribution in [0.4, 0.5) is 0 Å². The normalized spacial score (nSPS) is 23.1. The number of carbonyl (C=O) groups excluding carboxylic acids is 1. The van der Waals surface area contributed by atoms with Crippen molar-refractivity contribution in [2.75, 3.05) is 0 Å². The number of halogens is 1. The van der Waals surface area contributed by atoms with Crippen LogP contribution in [0.15, 0.2) is 15.2 Å². The van der Waals surface area contributed by atoms with Gasteiger partial charge >= 0.3 is 5.97 Å². The average molecular weight is 344 g/mol. The van der Waals surface area contributed by atoms with E-state index in [0.29, 0.717) is 17.5 Å². The molecule has 2 atom stereocenters. The number of hydrogen-bond acceptors (Lipinski definition) is 3. The zero-order valence-corrected chi connectivity index (χ0v) is 12.9. The molecule has 1 heterocycles. The number of rotatable bonds is 3. The van der Waals surface area contributed by atoms with Gasteiger partial charge in [-0.15, -0.1) is 0 Å². The lowest BCUT2D eigenvalue weighted by molar-refractivity contribution is -0.142. The van der Waals surface area contributed by atoms with E-state index in [1.807, 2.05) is 0 Å². The number of nitrogens with one attached hydrogen (secondary N) is 1. The molecule has 6 heteroatoms. The third-order valence-corrected chi connectivity index (χ3v) is 4.13. The molecule has 0 unspecified atom stereocenters. The first kappa shape index (κ1) is 15.1. The number of hydrogen-bond donors (Lipinski definition) is 2. The molecule has 1 saturated carbocycles. The van der Waals surface area contributed by atoms with Crippen molar-refractivity contribution in [1.29, 1.82) is 0 Å². The van der Waals surface area contributed by atoms with Gasteiger partial charge in [-0.2, -0.15) is 0 Å². The second-order valence-corrected chi connectivity index (χ2v) is 6.01. The largest absolute Gasteiger partial charge is 0.481 e. The molecule has 5 nitrogen and oxygen atoms in total. The smallest absolute Gasteiger partial charge is 0.308 e. The van der Waals surface area contributed by atoms with E-state index in [1.54, 1.807) is 13.0 Å². The predicted octanol–water partition coefficient (Wildman–Crippen LogP) is 3.11. The van der Waals surface area contributed by atoms with Crippen molar-refractivity contribution in [2.45, 2.75) is 45.1 Å². The fraction of sp³-hybridized carbons (Fsp3) is 0.571. The summed E-state index contributed by atoms with van der Waals surface area (Å²) in [7, 11) is 0. The van der Waals surface area contributed by atoms with Crippen LogP contribution in [0.25, 0.3) is 0 Å². The summed E-state index contributed by atoms with van der Waals surface area (Å²) in [4.78, 5) is 23.5. The lowest BCUT2D eigenvalue weighted by Gasteiger charge is -2.22. The molecule has 1 amide bonds. The Balaban J connectivity index is 2.11. The number of aryl methyl sites for hydroxylation is 1. The van der Waals surface area contributed by atoms with Crippen molar-refractivity contribution in [1.82, 2.24) is 5.32 Å². The summed E-state index contributed by atoms with van der Waals surface area (Å²) in [5.41, 5.74) is 0.731. The number of amides is 1. The highest BCUT2D eigenvalue weighted by Crippen LogP contribution is 2.25. The molecule has 110 valence electrons. The van der Waals surface area contributed by atoms with E-state index >= 15 is 0 Å². The van der Waals surface area contributed by atoms with E-state index in [0.717, 1.165) is 24.8 Å². The molecule has 0 aliphatic heterocycles. The van der Waals surface area contributed by atoms with Gasteiger partial charge in [0.1, 0.15) is 0 Å². The Bertz CT molecular complexity index is 511. The van der Waals surface area contributed by atoms with Gasteiger partial charge in [0.2, 0.25) is 0 Å². The monoisotopic (exact) mass is 343 g/mol. The summed E-state index contributed by atoms with van der Waals surface area (Å²) in [6, 6.07) is 1.39. The molecule has 0 bridgehead atoms. The minimum absolute atomic E-state index is 0.241. The van der Waals surface area contributed by atoms with E-state index in [1.165, 1.54) is 0 Å². The Hall–Kier alpha value is -1.30. The van der Waals surface area contributed by atoms with E-state index in [9.17, 15) is 14.7 Å². The number of carbonyl (C=O) groups is 2. The molecule has 1 aromatic rings. The molecule has 0 radical (unpaired) electrons. The second kappa shape index (κ2) is 6.43. The summed E-state index contributed by atoms with van der Waals surface area (Å²) < 4.78 is 5.80. The zero-order chi connectivity index (χ0) is 14.7. The Labute approximate surface area is 125 Å². The highest BCUT2D eigenvalue weighted by atomic mass is 79.9. The van der Waals surface area contributed by atoms with E-state index < -0.39 is 11.9 Å². The standard InChI is InChI=1S/C14H18BrNO4/c1-8-7-11(15)20-12(8)13(17)16-10-6-4-2-3-5-9(10)14(18)19/h7,9-10H,2-6H2,1H3,(H,16,17)(H,18,19)/t9-,10+/m1/s1. The summed E-state index contributed by atoms with van der Waals surface area (Å²) in [5.74, 6) is -1.45. The highest BCUT2D eigenvalue weighted by molar-refractivity contribution is 9.10. The van der Waals surface area contributed by atoms with E-state index in [2.05, 4.69) is 21.2 Å². The predicted molar refractivity (Wildman–Crippen MR) is 76.6 cm³/mol. The van der Waals surface area contributed by atoms with Crippen LogP contribution in [0, 0.1) is 12.8 Å². The average Bonchev–Trinajstić information content (AvgIpc) is 2.60. The first-order valence-electron chi connectivity index (χ1n) is 6.78. The van der Waals surface area contributed by atoms with Gasteiger partial charge in [0, 0.05) is 11.6 Å². The number of carboxylic acid groups (broad SMARTS) is 1. The van der Waals surface area contributed by atoms with Crippen LogP contribution < -0.4 is 5.32 Å². The summed E-state index contributed by atoms with van der Waals surface area (Å²) in [6.07, 6.45) is 4.16. The van der Waals surface area contributed by atoms with Gasteiger partial charge in [-0.05, 0) is 41.8 Å². The summed E-state index contributed by atoms with van der Waals surface area (Å²) in [6.45, 7) is 1.78. The van der Waals surface area contributed by atoms with E-state index in [-0.39, 0.29) is 17.7 Å². The van der Waals surface area contributed by atoms with Crippen LogP contribution in [0.5, 0.6) is 0 Å². The number of furan rings is 1. The van der Waals surface area contributed by atoms with Crippen molar-refractivity contribution in [3.8, 4) is 0 Å². The molecule has 1 aliphatic carbocycles. The van der Waals surface area contributed by atoms with Crippen LogP contribution in [-0.2, 0) is 4.79 Å². The molecule has 2 N–H and O–H groups in total. The van der Waals surface area contributed by atoms with Gasteiger partial charge < -0.3 is 14.8 Å². The topological polar surface area (TPSA) is 79.5 Å². The Morgan fingerprint density at radius 2 is 2.05 bits per heavy atom. The van der Waals surface area contributed by atoms with Crippen molar-refractivity contribution in [2.24, 2.45) is 5.92 Å². The van der Waals surface area contributed by atoms with Gasteiger partial charge in [-0.3, -0.25) is 9.59 Å². The molecule has 2 rings (SSSR count). The molecule has 1 fully saturated rings. The fourth-order valence-corrected chi connectivity index (χ4v) is 3.18. The van der Waals surface area contributed by atoms with Crippen molar-refractivity contribution in [3.05, 3.63) is 22.1 Å². The van der Waals surface area contributed by atoms with Gasteiger partial charge in [0.25, 0.3) is 5.91 Å². The quantitative estimate of drug-likeness (QED) is 0.826. The van der Waals surface area contributed by atoms with Gasteiger partial charge in [-0.25, -0.2) is 0 Å². The van der Waals surface area contributed by atoms with Crippen LogP contribution in [0.1, 0.15) is 48.2 Å². The molecule has 20 heavy (non-hydrogen) atoms. The van der Waals surface area contributed by atoms with E-state index in [4.69, 9.17) is 4.42 Å². The van der Waals surface area contributed by atoms with Crippen molar-refractivity contribution in [3.63, 3.8) is 0 Å². The summed E-state index contributed by atoms with van der Waals surface area (Å²) >= 11 is 3.18. The summed E-state index contributed by atoms with van der Waals surface area (Å²) in [5, 5.41) is 12.1. The lowest BCUT2D eigenvalue weighted by Crippen LogP contribution is -2.42. The maximum Gasteiger partial charge on any atom is 0.308 e. The maximum atomic E-state index is 12.2. The lowest BCUT2D eigenvalue weighted by atomic mass is 9.95. The first-order valence-corrected chi connectivity index (χ1v) is 7.58. The molecule has 0 saturated heterocycles. The zero-order valence-electron chi connectivity index (χ0n) is 11.3. The highest BCUT2D eigenvalue weighted by Gasteiger charge is 2.31. The number of aliphatic carboxylic acids is 1. The van der Waals surface area contributed by atoms with Crippen LogP contribution >= 0.6 is 15.9 Å². The SMILES string of the molecule is Cc1cc(Br)oc1C(=O)N[C@H]1CCCCC[C@H]1C(=O)O. The molecule has 1 aliphatic rings. The number of carboxylic acids is 1. The third-order valence-electron chi connectivity index (χ3n) is 3.74. The molecule has 0 aromatic carbocycles. The van der Waals surface area contributed by atoms with Crippen LogP contribution in [0.2, 0.25) is 0 Å².